The highest BCUT2D eigenvalue weighted by atomic mass is 35.5. The predicted molar refractivity (Wildman–Crippen MR) is 109 cm³/mol. The molecule has 2 aliphatic rings. The fourth-order valence-electron chi connectivity index (χ4n) is 3.84. The lowest BCUT2D eigenvalue weighted by Gasteiger charge is -2.30. The van der Waals surface area contributed by atoms with Gasteiger partial charge in [-0.25, -0.2) is 0 Å². The van der Waals surface area contributed by atoms with E-state index in [1.165, 1.54) is 17.8 Å². The molecule has 2 aliphatic heterocycles. The van der Waals surface area contributed by atoms with Crippen LogP contribution >= 0.6 is 24.8 Å². The summed E-state index contributed by atoms with van der Waals surface area (Å²) in [5.74, 6) is 2.56. The summed E-state index contributed by atoms with van der Waals surface area (Å²) >= 11 is 0. The van der Waals surface area contributed by atoms with Gasteiger partial charge < -0.3 is 9.84 Å². The van der Waals surface area contributed by atoms with Crippen molar-refractivity contribution >= 4 is 24.8 Å². The van der Waals surface area contributed by atoms with E-state index in [9.17, 15) is 0 Å². The fraction of sp³-hybridized carbons (Fsp3) is 0.722. The number of nitrogens with zero attached hydrogens (tertiary/aromatic N) is 5. The van der Waals surface area contributed by atoms with Crippen LogP contribution in [-0.4, -0.2) is 44.5 Å². The first-order valence-electron chi connectivity index (χ1n) is 9.48. The summed E-state index contributed by atoms with van der Waals surface area (Å²) in [4.78, 5) is 7.11. The van der Waals surface area contributed by atoms with Crippen molar-refractivity contribution in [2.75, 3.05) is 19.6 Å². The van der Waals surface area contributed by atoms with Gasteiger partial charge >= 0.3 is 0 Å². The number of halogens is 2. The lowest BCUT2D eigenvalue weighted by molar-refractivity contribution is 0.178. The topological polar surface area (TPSA) is 72.0 Å². The van der Waals surface area contributed by atoms with E-state index in [2.05, 4.69) is 45.0 Å². The van der Waals surface area contributed by atoms with Crippen LogP contribution in [0.1, 0.15) is 55.7 Å². The molecule has 1 unspecified atom stereocenters. The fourth-order valence-corrected chi connectivity index (χ4v) is 3.84. The number of rotatable bonds is 5. The normalized spacial score (nSPS) is 20.0. The van der Waals surface area contributed by atoms with Gasteiger partial charge in [-0.1, -0.05) is 19.0 Å². The van der Waals surface area contributed by atoms with Gasteiger partial charge in [0.1, 0.15) is 0 Å². The van der Waals surface area contributed by atoms with E-state index in [1.807, 2.05) is 0 Å². The smallest absolute Gasteiger partial charge is 0.231 e. The summed E-state index contributed by atoms with van der Waals surface area (Å²) in [5.41, 5.74) is 2.47. The van der Waals surface area contributed by atoms with Crippen molar-refractivity contribution in [3.63, 3.8) is 0 Å². The first-order valence-corrected chi connectivity index (χ1v) is 9.48. The Bertz CT molecular complexity index is 693. The molecule has 0 aromatic carbocycles. The second kappa shape index (κ2) is 9.87. The average molecular weight is 417 g/mol. The van der Waals surface area contributed by atoms with Crippen molar-refractivity contribution in [2.24, 2.45) is 5.92 Å². The van der Waals surface area contributed by atoms with Crippen molar-refractivity contribution in [3.05, 3.63) is 29.2 Å². The number of aromatic nitrogens is 4. The minimum Gasteiger partial charge on any atom is -0.339 e. The summed E-state index contributed by atoms with van der Waals surface area (Å²) in [6, 6.07) is 2.24. The van der Waals surface area contributed by atoms with E-state index in [0.29, 0.717) is 11.8 Å². The molecule has 2 aromatic heterocycles. The summed E-state index contributed by atoms with van der Waals surface area (Å²) in [7, 11) is 0. The zero-order valence-electron chi connectivity index (χ0n) is 16.1. The predicted octanol–water partition coefficient (Wildman–Crippen LogP) is 2.79. The molecule has 152 valence electrons. The maximum atomic E-state index is 5.55. The largest absolute Gasteiger partial charge is 0.339 e. The molecule has 0 aliphatic carbocycles. The third-order valence-corrected chi connectivity index (χ3v) is 5.04. The molecule has 1 atom stereocenters. The minimum atomic E-state index is 0. The van der Waals surface area contributed by atoms with Crippen LogP contribution < -0.4 is 5.32 Å². The van der Waals surface area contributed by atoms with Gasteiger partial charge in [0.25, 0.3) is 0 Å². The van der Waals surface area contributed by atoms with Crippen LogP contribution in [0.15, 0.2) is 10.6 Å². The van der Waals surface area contributed by atoms with Crippen molar-refractivity contribution in [1.29, 1.82) is 0 Å². The highest BCUT2D eigenvalue weighted by Crippen LogP contribution is 2.27. The average Bonchev–Trinajstić information content (AvgIpc) is 3.20. The third kappa shape index (κ3) is 5.44. The maximum Gasteiger partial charge on any atom is 0.231 e. The Labute approximate surface area is 173 Å². The third-order valence-electron chi connectivity index (χ3n) is 5.04. The van der Waals surface area contributed by atoms with Gasteiger partial charge in [-0.3, -0.25) is 9.58 Å². The molecule has 27 heavy (non-hydrogen) atoms. The number of piperidine rings is 1. The van der Waals surface area contributed by atoms with Crippen LogP contribution in [0.2, 0.25) is 0 Å². The van der Waals surface area contributed by atoms with Crippen molar-refractivity contribution in [2.45, 2.75) is 58.7 Å². The molecule has 1 fully saturated rings. The van der Waals surface area contributed by atoms with Gasteiger partial charge in [0, 0.05) is 32.6 Å². The van der Waals surface area contributed by atoms with Gasteiger partial charge in [-0.15, -0.1) is 24.8 Å². The van der Waals surface area contributed by atoms with Crippen LogP contribution in [-0.2, 0) is 26.1 Å². The highest BCUT2D eigenvalue weighted by Gasteiger charge is 2.27. The van der Waals surface area contributed by atoms with Gasteiger partial charge in [0.05, 0.1) is 23.9 Å². The molecule has 4 rings (SSSR count). The molecule has 0 amide bonds. The van der Waals surface area contributed by atoms with E-state index in [0.717, 1.165) is 63.8 Å². The summed E-state index contributed by atoms with van der Waals surface area (Å²) < 4.78 is 7.70. The van der Waals surface area contributed by atoms with Crippen LogP contribution in [0.25, 0.3) is 0 Å². The molecule has 4 heterocycles. The second-order valence-corrected chi connectivity index (χ2v) is 7.75. The molecular weight excluding hydrogens is 387 g/mol. The van der Waals surface area contributed by atoms with E-state index < -0.39 is 0 Å². The van der Waals surface area contributed by atoms with Crippen LogP contribution in [0.4, 0.5) is 0 Å². The first-order chi connectivity index (χ1) is 12.2. The highest BCUT2D eigenvalue weighted by molar-refractivity contribution is 5.85. The molecule has 1 saturated heterocycles. The first kappa shape index (κ1) is 22.1. The minimum absolute atomic E-state index is 0. The summed E-state index contributed by atoms with van der Waals surface area (Å²) in [6.45, 7) is 10.3. The van der Waals surface area contributed by atoms with Crippen LogP contribution in [0.5, 0.6) is 0 Å². The van der Waals surface area contributed by atoms with Crippen LogP contribution in [0, 0.1) is 5.92 Å². The number of hydrogen-bond acceptors (Lipinski definition) is 6. The molecule has 0 saturated carbocycles. The Morgan fingerprint density at radius 3 is 2.93 bits per heavy atom. The summed E-state index contributed by atoms with van der Waals surface area (Å²) in [6.07, 6.45) is 3.18. The zero-order chi connectivity index (χ0) is 17.2. The zero-order valence-corrected chi connectivity index (χ0v) is 17.7. The monoisotopic (exact) mass is 416 g/mol. The standard InChI is InChI=1S/C18H28N6O.2ClH/c1-13(2)8-17-20-18(25-22-17)14-4-3-6-23(11-14)12-15-9-16-10-19-5-7-24(16)21-15;;/h9,13-14,19H,3-8,10-12H2,1-2H3;2*1H. The lowest BCUT2D eigenvalue weighted by atomic mass is 9.98. The molecule has 2 aromatic rings. The van der Waals surface area contributed by atoms with E-state index in [4.69, 9.17) is 9.62 Å². The van der Waals surface area contributed by atoms with Gasteiger partial charge in [0.2, 0.25) is 5.89 Å². The molecule has 1 N–H and O–H groups in total. The Kier molecular flexibility index (Phi) is 8.09. The quantitative estimate of drug-likeness (QED) is 0.807. The molecule has 0 radical (unpaired) electrons. The number of nitrogens with one attached hydrogen (secondary N) is 1. The molecule has 9 heteroatoms. The van der Waals surface area contributed by atoms with Gasteiger partial charge in [-0.05, 0) is 31.4 Å². The van der Waals surface area contributed by atoms with E-state index in [1.54, 1.807) is 0 Å². The Hall–Kier alpha value is -1.15. The lowest BCUT2D eigenvalue weighted by Crippen LogP contribution is -2.34. The Morgan fingerprint density at radius 1 is 1.30 bits per heavy atom. The SMILES string of the molecule is CC(C)Cc1noc(C2CCCN(Cc3cc4n(n3)CCNC4)C2)n1.Cl.Cl. The van der Waals surface area contributed by atoms with Crippen LogP contribution in [0.3, 0.4) is 0 Å². The molecule has 0 bridgehead atoms. The Balaban J connectivity index is 0.00000131. The molecule has 7 nitrogen and oxygen atoms in total. The number of hydrogen-bond donors (Lipinski definition) is 1. The van der Waals surface area contributed by atoms with Gasteiger partial charge in [0.15, 0.2) is 5.82 Å². The Morgan fingerprint density at radius 2 is 2.15 bits per heavy atom. The van der Waals surface area contributed by atoms with Crippen molar-refractivity contribution in [1.82, 2.24) is 30.1 Å². The second-order valence-electron chi connectivity index (χ2n) is 7.75. The number of fused-ring (bicyclic) bond motifs is 1. The number of likely N-dealkylation sites (tertiary alicyclic amines) is 1. The van der Waals surface area contributed by atoms with E-state index >= 15 is 0 Å². The molecular formula is C18H30Cl2N6O. The summed E-state index contributed by atoms with van der Waals surface area (Å²) in [5, 5.41) is 12.3. The van der Waals surface area contributed by atoms with E-state index in [-0.39, 0.29) is 24.8 Å². The maximum absolute atomic E-state index is 5.55. The van der Waals surface area contributed by atoms with Crippen molar-refractivity contribution in [3.8, 4) is 0 Å². The van der Waals surface area contributed by atoms with Gasteiger partial charge in [-0.2, -0.15) is 10.1 Å². The molecule has 0 spiro atoms. The van der Waals surface area contributed by atoms with Crippen molar-refractivity contribution < 1.29 is 4.52 Å².